The molecule has 4 saturated carbocycles. The third-order valence-corrected chi connectivity index (χ3v) is 9.79. The summed E-state index contributed by atoms with van der Waals surface area (Å²) in [5.41, 5.74) is -2.14. The van der Waals surface area contributed by atoms with Crippen LogP contribution in [0.2, 0.25) is 0 Å². The van der Waals surface area contributed by atoms with E-state index in [0.717, 1.165) is 6.42 Å². The Morgan fingerprint density at radius 3 is 2.64 bits per heavy atom. The van der Waals surface area contributed by atoms with Gasteiger partial charge in [0.05, 0.1) is 0 Å². The van der Waals surface area contributed by atoms with Crippen LogP contribution in [0.1, 0.15) is 46.5 Å². The molecule has 0 aliphatic heterocycles. The molecule has 0 aromatic carbocycles. The lowest BCUT2D eigenvalue weighted by atomic mass is 9.45. The van der Waals surface area contributed by atoms with Crippen LogP contribution < -0.4 is 0 Å². The zero-order valence-electron chi connectivity index (χ0n) is 16.7. The number of halogens is 1. The van der Waals surface area contributed by atoms with Crippen LogP contribution in [0.3, 0.4) is 0 Å². The topological polar surface area (TPSA) is 74.6 Å². The predicted molar refractivity (Wildman–Crippen MR) is 101 cm³/mol. The van der Waals surface area contributed by atoms with Gasteiger partial charge in [0.15, 0.2) is 11.6 Å². The molecule has 5 aliphatic carbocycles. The van der Waals surface area contributed by atoms with Gasteiger partial charge in [0.2, 0.25) is 0 Å². The first kappa shape index (κ1) is 18.7. The first-order valence-corrected chi connectivity index (χ1v) is 10.5. The zero-order valence-corrected chi connectivity index (χ0v) is 16.7. The maximum absolute atomic E-state index is 15.4. The lowest BCUT2D eigenvalue weighted by Gasteiger charge is -2.59. The number of Topliss-reactive ketones (excluding diaryl/α,β-unsaturated/α-hetero) is 1. The van der Waals surface area contributed by atoms with Gasteiger partial charge in [0.1, 0.15) is 18.4 Å². The standard InChI is InChI=1S/C23H29FO4/c1-12-6-15-16-8-18(24)17-7-14(26)4-5-20(17,2)22(16)10-13(22)9-21(15,3)23(12,28)19(27)11-25/h4-5,7,12-13,15-16,18,25,28H,6,8-11H2,1-3H3/t12-,13-,15?,16?,18+,20+,21+,22-,23+/m1/s1. The number of hydrogen-bond donors (Lipinski definition) is 2. The molecular formula is C23H29FO4. The highest BCUT2D eigenvalue weighted by molar-refractivity contribution is 6.01. The summed E-state index contributed by atoms with van der Waals surface area (Å²) in [6, 6.07) is 0. The van der Waals surface area contributed by atoms with Crippen LogP contribution in [0.25, 0.3) is 0 Å². The number of hydrogen-bond acceptors (Lipinski definition) is 4. The molecule has 5 rings (SSSR count). The predicted octanol–water partition coefficient (Wildman–Crippen LogP) is 2.78. The Balaban J connectivity index is 1.63. The van der Waals surface area contributed by atoms with Crippen LogP contribution in [0, 0.1) is 39.9 Å². The summed E-state index contributed by atoms with van der Waals surface area (Å²) in [5, 5.41) is 21.1. The summed E-state index contributed by atoms with van der Waals surface area (Å²) in [5.74, 6) is -0.511. The summed E-state index contributed by atoms with van der Waals surface area (Å²) >= 11 is 0. The van der Waals surface area contributed by atoms with Gasteiger partial charge in [-0.2, -0.15) is 0 Å². The summed E-state index contributed by atoms with van der Waals surface area (Å²) in [6.45, 7) is 5.28. The first-order valence-electron chi connectivity index (χ1n) is 10.5. The van der Waals surface area contributed by atoms with E-state index in [1.54, 1.807) is 6.08 Å². The minimum Gasteiger partial charge on any atom is -0.388 e. The van der Waals surface area contributed by atoms with E-state index in [0.29, 0.717) is 30.8 Å². The number of aliphatic hydroxyl groups excluding tert-OH is 1. The van der Waals surface area contributed by atoms with Crippen molar-refractivity contribution in [2.45, 2.75) is 58.2 Å². The number of ketones is 2. The average molecular weight is 388 g/mol. The van der Waals surface area contributed by atoms with Gasteiger partial charge in [0, 0.05) is 10.8 Å². The van der Waals surface area contributed by atoms with E-state index in [1.807, 2.05) is 19.9 Å². The molecule has 9 atom stereocenters. The Hall–Kier alpha value is -1.33. The number of carbonyl (C=O) groups excluding carboxylic acids is 2. The molecule has 0 radical (unpaired) electrons. The third-order valence-electron chi connectivity index (χ3n) is 9.79. The van der Waals surface area contributed by atoms with Gasteiger partial charge >= 0.3 is 0 Å². The Morgan fingerprint density at radius 2 is 1.96 bits per heavy atom. The molecule has 5 aliphatic rings. The quantitative estimate of drug-likeness (QED) is 0.763. The molecule has 5 heteroatoms. The van der Waals surface area contributed by atoms with Crippen molar-refractivity contribution in [2.75, 3.05) is 6.61 Å². The molecule has 0 heterocycles. The van der Waals surface area contributed by atoms with Gasteiger partial charge in [-0.25, -0.2) is 4.39 Å². The molecule has 4 fully saturated rings. The maximum atomic E-state index is 15.4. The number of alkyl halides is 1. The van der Waals surface area contributed by atoms with Crippen molar-refractivity contribution in [2.24, 2.45) is 39.9 Å². The Morgan fingerprint density at radius 1 is 1.25 bits per heavy atom. The van der Waals surface area contributed by atoms with E-state index < -0.39 is 35.0 Å². The summed E-state index contributed by atoms with van der Waals surface area (Å²) < 4.78 is 15.4. The molecule has 2 unspecified atom stereocenters. The van der Waals surface area contributed by atoms with Gasteiger partial charge in [-0.15, -0.1) is 0 Å². The van der Waals surface area contributed by atoms with Crippen molar-refractivity contribution in [3.63, 3.8) is 0 Å². The second-order valence-electron chi connectivity index (χ2n) is 10.5. The number of carbonyl (C=O) groups is 2. The highest BCUT2D eigenvalue weighted by Crippen LogP contribution is 2.83. The number of aliphatic hydroxyl groups is 2. The average Bonchev–Trinajstić information content (AvgIpc) is 3.34. The number of rotatable bonds is 2. The van der Waals surface area contributed by atoms with Gasteiger partial charge in [-0.05, 0) is 72.5 Å². The van der Waals surface area contributed by atoms with E-state index in [-0.39, 0.29) is 29.0 Å². The molecule has 0 aromatic heterocycles. The number of fused-ring (bicyclic) bond motifs is 3. The van der Waals surface area contributed by atoms with Crippen LogP contribution in [-0.4, -0.2) is 40.2 Å². The summed E-state index contributed by atoms with van der Waals surface area (Å²) in [7, 11) is 0. The summed E-state index contributed by atoms with van der Waals surface area (Å²) in [4.78, 5) is 24.6. The van der Waals surface area contributed by atoms with E-state index in [2.05, 4.69) is 6.92 Å². The third kappa shape index (κ3) is 1.76. The van der Waals surface area contributed by atoms with Crippen molar-refractivity contribution < 1.29 is 24.2 Å². The summed E-state index contributed by atoms with van der Waals surface area (Å²) in [6.07, 6.45) is 6.52. The Bertz CT molecular complexity index is 848. The normalized spacial score (nSPS) is 56.3. The SMILES string of the molecule is C[C@@H]1CC2C3C[C@H](F)C4=CC(=O)C=C[C@]4(C)[C@@]34C[C@H]4C[C@]2(C)[C@@]1(O)C(=O)CO. The van der Waals surface area contributed by atoms with Crippen LogP contribution in [0.15, 0.2) is 23.8 Å². The van der Waals surface area contributed by atoms with Crippen LogP contribution in [0.5, 0.6) is 0 Å². The molecule has 0 aromatic rings. The fourth-order valence-corrected chi connectivity index (χ4v) is 8.50. The second-order valence-corrected chi connectivity index (χ2v) is 10.5. The lowest BCUT2D eigenvalue weighted by molar-refractivity contribution is -0.171. The smallest absolute Gasteiger partial charge is 0.190 e. The van der Waals surface area contributed by atoms with Crippen molar-refractivity contribution in [3.05, 3.63) is 23.8 Å². The minimum atomic E-state index is -1.55. The molecule has 28 heavy (non-hydrogen) atoms. The Kier molecular flexibility index (Phi) is 3.49. The van der Waals surface area contributed by atoms with Gasteiger partial charge in [0.25, 0.3) is 0 Å². The molecule has 0 amide bonds. The highest BCUT2D eigenvalue weighted by atomic mass is 19.1. The molecular weight excluding hydrogens is 359 g/mol. The lowest BCUT2D eigenvalue weighted by Crippen LogP contribution is -2.60. The fourth-order valence-electron chi connectivity index (χ4n) is 8.50. The maximum Gasteiger partial charge on any atom is 0.190 e. The van der Waals surface area contributed by atoms with E-state index >= 15 is 4.39 Å². The first-order chi connectivity index (χ1) is 13.1. The van der Waals surface area contributed by atoms with Crippen LogP contribution in [-0.2, 0) is 9.59 Å². The van der Waals surface area contributed by atoms with Crippen molar-refractivity contribution in [1.29, 1.82) is 0 Å². The van der Waals surface area contributed by atoms with Gasteiger partial charge in [-0.1, -0.05) is 26.8 Å². The number of allylic oxidation sites excluding steroid dienone is 4. The molecule has 152 valence electrons. The van der Waals surface area contributed by atoms with Crippen molar-refractivity contribution >= 4 is 11.6 Å². The van der Waals surface area contributed by atoms with E-state index in [4.69, 9.17) is 0 Å². The zero-order chi connectivity index (χ0) is 20.3. The van der Waals surface area contributed by atoms with Crippen molar-refractivity contribution in [1.82, 2.24) is 0 Å². The van der Waals surface area contributed by atoms with E-state index in [1.165, 1.54) is 6.08 Å². The molecule has 1 spiro atoms. The molecule has 0 saturated heterocycles. The van der Waals surface area contributed by atoms with Gasteiger partial charge in [-0.3, -0.25) is 9.59 Å². The highest BCUT2D eigenvalue weighted by Gasteiger charge is 2.80. The van der Waals surface area contributed by atoms with E-state index in [9.17, 15) is 19.8 Å². The Labute approximate surface area is 164 Å². The van der Waals surface area contributed by atoms with Crippen LogP contribution >= 0.6 is 0 Å². The molecule has 0 bridgehead atoms. The molecule has 2 N–H and O–H groups in total. The minimum absolute atomic E-state index is 0.0319. The monoisotopic (exact) mass is 388 g/mol. The fraction of sp³-hybridized carbons (Fsp3) is 0.739. The van der Waals surface area contributed by atoms with Gasteiger partial charge < -0.3 is 10.2 Å². The largest absolute Gasteiger partial charge is 0.388 e. The van der Waals surface area contributed by atoms with Crippen molar-refractivity contribution in [3.8, 4) is 0 Å². The van der Waals surface area contributed by atoms with Crippen LogP contribution in [0.4, 0.5) is 4.39 Å². The molecule has 4 nitrogen and oxygen atoms in total. The second kappa shape index (κ2) is 5.23.